The van der Waals surface area contributed by atoms with Crippen molar-refractivity contribution in [1.82, 2.24) is 14.2 Å². The third-order valence-corrected chi connectivity index (χ3v) is 10.4. The number of carboxylic acid groups (broad SMARTS) is 1. The van der Waals surface area contributed by atoms with Gasteiger partial charge in [0.05, 0.1) is 12.1 Å². The zero-order valence-electron chi connectivity index (χ0n) is 19.3. The van der Waals surface area contributed by atoms with Gasteiger partial charge in [0.1, 0.15) is 10.0 Å². The maximum atomic E-state index is 13.2. The maximum absolute atomic E-state index is 13.2. The second kappa shape index (κ2) is 9.97. The van der Waals surface area contributed by atoms with Crippen molar-refractivity contribution in [3.63, 3.8) is 0 Å². The van der Waals surface area contributed by atoms with E-state index in [1.165, 1.54) is 21.8 Å². The monoisotopic (exact) mass is 548 g/mol. The molecule has 0 atom stereocenters. The fourth-order valence-corrected chi connectivity index (χ4v) is 7.89. The molecule has 1 aromatic carbocycles. The minimum atomic E-state index is -3.76. The summed E-state index contributed by atoms with van der Waals surface area (Å²) in [6.07, 6.45) is 3.11. The summed E-state index contributed by atoms with van der Waals surface area (Å²) in [5, 5.41) is 10.4. The zero-order valence-corrected chi connectivity index (χ0v) is 21.7. The Kier molecular flexibility index (Phi) is 6.90. The minimum Gasteiger partial charge on any atom is -0.478 e. The number of rotatable bonds is 6. The number of sulfonamides is 1. The maximum Gasteiger partial charge on any atom is 0.337 e. The number of carbonyl (C=O) groups is 2. The standard InChI is InChI=1S/C24H25ClN4O5S2/c25-19-3-1-17-11-23(35-20(17)12-19)36(33,34)29-10-9-28(22(30)15-29)14-16-5-7-27(8-6-16)21-4-2-18(13-26-21)24(31)32/h1-4,11-13,16H,5-10,14-15H2,(H,31,32). The molecule has 0 spiro atoms. The van der Waals surface area contributed by atoms with Crippen molar-refractivity contribution in [3.8, 4) is 0 Å². The lowest BCUT2D eigenvalue weighted by atomic mass is 9.96. The Bertz CT molecular complexity index is 1400. The average Bonchev–Trinajstić information content (AvgIpc) is 3.30. The number of aromatic carboxylic acids is 1. The van der Waals surface area contributed by atoms with Crippen molar-refractivity contribution < 1.29 is 23.1 Å². The van der Waals surface area contributed by atoms with E-state index < -0.39 is 16.0 Å². The van der Waals surface area contributed by atoms with Crippen LogP contribution in [0.4, 0.5) is 5.82 Å². The summed E-state index contributed by atoms with van der Waals surface area (Å²) in [5.41, 5.74) is 0.157. The third-order valence-electron chi connectivity index (χ3n) is 6.75. The highest BCUT2D eigenvalue weighted by Gasteiger charge is 2.35. The van der Waals surface area contributed by atoms with Crippen molar-refractivity contribution in [2.24, 2.45) is 5.92 Å². The molecule has 2 fully saturated rings. The molecule has 2 aromatic heterocycles. The number of hydrogen-bond donors (Lipinski definition) is 1. The van der Waals surface area contributed by atoms with E-state index >= 15 is 0 Å². The first-order valence-corrected chi connectivity index (χ1v) is 14.3. The molecule has 2 saturated heterocycles. The highest BCUT2D eigenvalue weighted by Crippen LogP contribution is 2.33. The quantitative estimate of drug-likeness (QED) is 0.502. The van der Waals surface area contributed by atoms with Gasteiger partial charge in [0.15, 0.2) is 0 Å². The smallest absolute Gasteiger partial charge is 0.337 e. The van der Waals surface area contributed by atoms with Gasteiger partial charge in [-0.1, -0.05) is 17.7 Å². The van der Waals surface area contributed by atoms with Crippen LogP contribution in [0.2, 0.25) is 5.02 Å². The number of carboxylic acids is 1. The van der Waals surface area contributed by atoms with Gasteiger partial charge in [-0.05, 0) is 54.5 Å². The molecule has 12 heteroatoms. The van der Waals surface area contributed by atoms with Crippen LogP contribution in [-0.4, -0.2) is 78.9 Å². The number of thiophene rings is 1. The van der Waals surface area contributed by atoms with Gasteiger partial charge in [0.25, 0.3) is 10.0 Å². The van der Waals surface area contributed by atoms with Crippen LogP contribution in [0.25, 0.3) is 10.1 Å². The molecule has 1 amide bonds. The average molecular weight is 549 g/mol. The van der Waals surface area contributed by atoms with Crippen LogP contribution in [-0.2, 0) is 14.8 Å². The molecule has 0 unspecified atom stereocenters. The summed E-state index contributed by atoms with van der Waals surface area (Å²) in [6, 6.07) is 10.2. The van der Waals surface area contributed by atoms with Crippen molar-refractivity contribution in [3.05, 3.63) is 53.2 Å². The minimum absolute atomic E-state index is 0.157. The molecule has 0 radical (unpaired) electrons. The fourth-order valence-electron chi connectivity index (χ4n) is 4.68. The third kappa shape index (κ3) is 5.06. The molecular formula is C24H25ClN4O5S2. The van der Waals surface area contributed by atoms with Gasteiger partial charge in [-0.2, -0.15) is 4.31 Å². The van der Waals surface area contributed by atoms with Gasteiger partial charge in [-0.3, -0.25) is 4.79 Å². The van der Waals surface area contributed by atoms with Crippen LogP contribution >= 0.6 is 22.9 Å². The largest absolute Gasteiger partial charge is 0.478 e. The predicted octanol–water partition coefficient (Wildman–Crippen LogP) is 3.40. The number of amides is 1. The van der Waals surface area contributed by atoms with E-state index in [0.717, 1.165) is 41.8 Å². The second-order valence-corrected chi connectivity index (χ2v) is 12.8. The summed E-state index contributed by atoms with van der Waals surface area (Å²) in [6.45, 7) is 2.61. The molecule has 4 heterocycles. The Morgan fingerprint density at radius 3 is 2.56 bits per heavy atom. The van der Waals surface area contributed by atoms with Gasteiger partial charge in [-0.15, -0.1) is 11.3 Å². The first kappa shape index (κ1) is 24.9. The van der Waals surface area contributed by atoms with Crippen LogP contribution in [0.1, 0.15) is 23.2 Å². The van der Waals surface area contributed by atoms with E-state index in [2.05, 4.69) is 9.88 Å². The van der Waals surface area contributed by atoms with Crippen molar-refractivity contribution in [2.75, 3.05) is 44.2 Å². The highest BCUT2D eigenvalue weighted by atomic mass is 35.5. The first-order valence-electron chi connectivity index (χ1n) is 11.6. The van der Waals surface area contributed by atoms with Crippen LogP contribution in [0.3, 0.4) is 0 Å². The number of fused-ring (bicyclic) bond motifs is 1. The summed E-state index contributed by atoms with van der Waals surface area (Å²) in [7, 11) is -3.76. The fraction of sp³-hybridized carbons (Fsp3) is 0.375. The van der Waals surface area contributed by atoms with Gasteiger partial charge in [0.2, 0.25) is 5.91 Å². The number of nitrogens with zero attached hydrogens (tertiary/aromatic N) is 4. The van der Waals surface area contributed by atoms with Gasteiger partial charge in [0, 0.05) is 48.6 Å². The highest BCUT2D eigenvalue weighted by molar-refractivity contribution is 7.91. The summed E-state index contributed by atoms with van der Waals surface area (Å²) in [4.78, 5) is 32.1. The lowest BCUT2D eigenvalue weighted by molar-refractivity contribution is -0.134. The van der Waals surface area contributed by atoms with Crippen LogP contribution in [0, 0.1) is 5.92 Å². The number of hydrogen-bond acceptors (Lipinski definition) is 7. The van der Waals surface area contributed by atoms with E-state index in [1.54, 1.807) is 41.3 Å². The normalized spacial score (nSPS) is 18.2. The molecule has 5 rings (SSSR count). The van der Waals surface area contributed by atoms with Gasteiger partial charge in [-0.25, -0.2) is 18.2 Å². The van der Waals surface area contributed by atoms with Gasteiger partial charge < -0.3 is 14.9 Å². The Morgan fingerprint density at radius 1 is 1.11 bits per heavy atom. The molecule has 2 aliphatic heterocycles. The summed E-state index contributed by atoms with van der Waals surface area (Å²) < 4.78 is 28.7. The van der Waals surface area contributed by atoms with Crippen LogP contribution in [0.5, 0.6) is 0 Å². The summed E-state index contributed by atoms with van der Waals surface area (Å²) >= 11 is 7.20. The molecular weight excluding hydrogens is 524 g/mol. The lowest BCUT2D eigenvalue weighted by Crippen LogP contribution is -2.53. The molecule has 9 nitrogen and oxygen atoms in total. The Morgan fingerprint density at radius 2 is 1.89 bits per heavy atom. The predicted molar refractivity (Wildman–Crippen MR) is 138 cm³/mol. The molecule has 1 N–H and O–H groups in total. The number of piperazine rings is 1. The molecule has 36 heavy (non-hydrogen) atoms. The number of pyridine rings is 1. The van der Waals surface area contributed by atoms with E-state index in [9.17, 15) is 18.0 Å². The van der Waals surface area contributed by atoms with E-state index in [1.807, 2.05) is 0 Å². The first-order chi connectivity index (χ1) is 17.2. The van der Waals surface area contributed by atoms with Crippen molar-refractivity contribution >= 4 is 60.7 Å². The molecule has 0 aliphatic carbocycles. The van der Waals surface area contributed by atoms with Gasteiger partial charge >= 0.3 is 5.97 Å². The number of carbonyl (C=O) groups excluding carboxylic acids is 1. The Hall–Kier alpha value is -2.73. The summed E-state index contributed by atoms with van der Waals surface area (Å²) in [5.74, 6) is -0.114. The number of anilines is 1. The number of piperidine rings is 1. The van der Waals surface area contributed by atoms with Crippen molar-refractivity contribution in [2.45, 2.75) is 17.1 Å². The molecule has 0 bridgehead atoms. The molecule has 3 aromatic rings. The zero-order chi connectivity index (χ0) is 25.4. The lowest BCUT2D eigenvalue weighted by Gasteiger charge is -2.38. The number of halogens is 1. The SMILES string of the molecule is O=C(O)c1ccc(N2CCC(CN3CCN(S(=O)(=O)c4cc5ccc(Cl)cc5s4)CC3=O)CC2)nc1. The van der Waals surface area contributed by atoms with Crippen LogP contribution < -0.4 is 4.90 Å². The number of aromatic nitrogens is 1. The van der Waals surface area contributed by atoms with E-state index in [-0.39, 0.29) is 28.8 Å². The van der Waals surface area contributed by atoms with Crippen molar-refractivity contribution in [1.29, 1.82) is 0 Å². The Labute approximate surface area is 217 Å². The van der Waals surface area contributed by atoms with Crippen LogP contribution in [0.15, 0.2) is 46.8 Å². The Balaban J connectivity index is 1.16. The van der Waals surface area contributed by atoms with E-state index in [4.69, 9.17) is 16.7 Å². The molecule has 190 valence electrons. The number of benzene rings is 1. The van der Waals surface area contributed by atoms with E-state index in [0.29, 0.717) is 24.0 Å². The molecule has 0 saturated carbocycles. The second-order valence-electron chi connectivity index (χ2n) is 9.07. The topological polar surface area (TPSA) is 111 Å². The molecule has 2 aliphatic rings.